The summed E-state index contributed by atoms with van der Waals surface area (Å²) in [6.07, 6.45) is 2.99. The summed E-state index contributed by atoms with van der Waals surface area (Å²) in [7, 11) is 1.78. The normalized spacial score (nSPS) is 24.4. The van der Waals surface area contributed by atoms with Crippen molar-refractivity contribution in [1.82, 2.24) is 20.4 Å². The van der Waals surface area contributed by atoms with Crippen molar-refractivity contribution in [1.29, 1.82) is 0 Å². The van der Waals surface area contributed by atoms with Crippen molar-refractivity contribution in [2.75, 3.05) is 20.1 Å². The Morgan fingerprint density at radius 2 is 1.52 bits per heavy atom. The van der Waals surface area contributed by atoms with E-state index in [1.165, 1.54) is 0 Å². The van der Waals surface area contributed by atoms with Crippen LogP contribution in [-0.2, 0) is 14.4 Å². The number of rotatable bonds is 5. The standard InChI is InChI=1S/C20H36N4O3/c1-13(2)16(21-6)19(27)24-12-8-10-15(24)18(26)23-11-7-9-14(23)17(25)22-20(3,4)5/h13-16,21H,7-12H2,1-6H3,(H,22,25)/t14-,15-,16-/m0/s1. The number of carbonyl (C=O) groups excluding carboxylic acids is 3. The van der Waals surface area contributed by atoms with Crippen molar-refractivity contribution in [2.45, 2.75) is 84.0 Å². The fourth-order valence-electron chi connectivity index (χ4n) is 4.16. The minimum absolute atomic E-state index is 0.0155. The molecule has 7 nitrogen and oxygen atoms in total. The van der Waals surface area contributed by atoms with Gasteiger partial charge in [0.1, 0.15) is 12.1 Å². The van der Waals surface area contributed by atoms with Gasteiger partial charge in [0.15, 0.2) is 0 Å². The van der Waals surface area contributed by atoms with Gasteiger partial charge in [-0.1, -0.05) is 13.8 Å². The highest BCUT2D eigenvalue weighted by Crippen LogP contribution is 2.26. The molecular formula is C20H36N4O3. The van der Waals surface area contributed by atoms with E-state index >= 15 is 0 Å². The Morgan fingerprint density at radius 1 is 0.963 bits per heavy atom. The zero-order chi connectivity index (χ0) is 20.4. The molecule has 0 aromatic heterocycles. The predicted octanol–water partition coefficient (Wildman–Crippen LogP) is 1.13. The van der Waals surface area contributed by atoms with Crippen LogP contribution in [0.1, 0.15) is 60.3 Å². The van der Waals surface area contributed by atoms with Crippen LogP contribution in [0.25, 0.3) is 0 Å². The predicted molar refractivity (Wildman–Crippen MR) is 105 cm³/mol. The number of nitrogens with one attached hydrogen (secondary N) is 2. The molecule has 2 aliphatic heterocycles. The van der Waals surface area contributed by atoms with Crippen LogP contribution in [0.15, 0.2) is 0 Å². The highest BCUT2D eigenvalue weighted by Gasteiger charge is 2.43. The monoisotopic (exact) mass is 380 g/mol. The Hall–Kier alpha value is -1.63. The van der Waals surface area contributed by atoms with Crippen LogP contribution in [0.2, 0.25) is 0 Å². The number of likely N-dealkylation sites (N-methyl/N-ethyl adjacent to an activating group) is 1. The molecule has 3 atom stereocenters. The van der Waals surface area contributed by atoms with Gasteiger partial charge in [-0.15, -0.1) is 0 Å². The zero-order valence-corrected chi connectivity index (χ0v) is 17.7. The SMILES string of the molecule is CN[C@H](C(=O)N1CCC[C@H]1C(=O)N1CCC[C@H]1C(=O)NC(C)(C)C)C(C)C. The number of carbonyl (C=O) groups is 3. The Bertz CT molecular complexity index is 570. The van der Waals surface area contributed by atoms with E-state index in [-0.39, 0.29) is 35.2 Å². The lowest BCUT2D eigenvalue weighted by Gasteiger charge is -2.34. The number of hydrogen-bond donors (Lipinski definition) is 2. The Labute approximate surface area is 163 Å². The van der Waals surface area contributed by atoms with Gasteiger partial charge in [0, 0.05) is 18.6 Å². The topological polar surface area (TPSA) is 81.8 Å². The first-order valence-corrected chi connectivity index (χ1v) is 10.2. The molecule has 0 bridgehead atoms. The highest BCUT2D eigenvalue weighted by atomic mass is 16.2. The van der Waals surface area contributed by atoms with Crippen LogP contribution in [0.3, 0.4) is 0 Å². The Balaban J connectivity index is 2.12. The molecule has 2 N–H and O–H groups in total. The summed E-state index contributed by atoms with van der Waals surface area (Å²) >= 11 is 0. The van der Waals surface area contributed by atoms with E-state index in [0.717, 1.165) is 12.8 Å². The lowest BCUT2D eigenvalue weighted by Crippen LogP contribution is -2.57. The van der Waals surface area contributed by atoms with E-state index in [4.69, 9.17) is 0 Å². The molecular weight excluding hydrogens is 344 g/mol. The fourth-order valence-corrected chi connectivity index (χ4v) is 4.16. The third-order valence-electron chi connectivity index (χ3n) is 5.40. The van der Waals surface area contributed by atoms with E-state index in [9.17, 15) is 14.4 Å². The first-order valence-electron chi connectivity index (χ1n) is 10.2. The second-order valence-electron chi connectivity index (χ2n) is 9.13. The molecule has 154 valence electrons. The first kappa shape index (κ1) is 21.7. The van der Waals surface area contributed by atoms with E-state index in [1.807, 2.05) is 34.6 Å². The molecule has 0 aliphatic carbocycles. The molecule has 27 heavy (non-hydrogen) atoms. The summed E-state index contributed by atoms with van der Waals surface area (Å²) in [5.41, 5.74) is -0.332. The van der Waals surface area contributed by atoms with Gasteiger partial charge in [0.05, 0.1) is 6.04 Å². The zero-order valence-electron chi connectivity index (χ0n) is 17.7. The van der Waals surface area contributed by atoms with Crippen molar-refractivity contribution >= 4 is 17.7 Å². The maximum atomic E-state index is 13.3. The van der Waals surface area contributed by atoms with Crippen molar-refractivity contribution < 1.29 is 14.4 Å². The van der Waals surface area contributed by atoms with E-state index in [1.54, 1.807) is 16.8 Å². The molecule has 2 heterocycles. The lowest BCUT2D eigenvalue weighted by atomic mass is 10.0. The molecule has 7 heteroatoms. The molecule has 0 saturated carbocycles. The van der Waals surface area contributed by atoms with Gasteiger partial charge in [-0.25, -0.2) is 0 Å². The summed E-state index contributed by atoms with van der Waals surface area (Å²) in [4.78, 5) is 42.3. The third kappa shape index (κ3) is 5.00. The average Bonchev–Trinajstić information content (AvgIpc) is 3.22. The number of nitrogens with zero attached hydrogens (tertiary/aromatic N) is 2. The van der Waals surface area contributed by atoms with E-state index in [0.29, 0.717) is 25.9 Å². The van der Waals surface area contributed by atoms with Gasteiger partial charge in [-0.2, -0.15) is 0 Å². The van der Waals surface area contributed by atoms with Crippen LogP contribution in [0.4, 0.5) is 0 Å². The van der Waals surface area contributed by atoms with Gasteiger partial charge in [0.25, 0.3) is 0 Å². The van der Waals surface area contributed by atoms with Crippen LogP contribution >= 0.6 is 0 Å². The van der Waals surface area contributed by atoms with E-state index < -0.39 is 12.1 Å². The maximum absolute atomic E-state index is 13.3. The minimum atomic E-state index is -0.449. The molecule has 2 aliphatic rings. The van der Waals surface area contributed by atoms with Gasteiger partial charge >= 0.3 is 0 Å². The van der Waals surface area contributed by atoms with Gasteiger partial charge in [-0.05, 0) is 59.4 Å². The summed E-state index contributed by atoms with van der Waals surface area (Å²) in [5.74, 6) is -0.0419. The lowest BCUT2D eigenvalue weighted by molar-refractivity contribution is -0.148. The van der Waals surface area contributed by atoms with Crippen molar-refractivity contribution in [2.24, 2.45) is 5.92 Å². The quantitative estimate of drug-likeness (QED) is 0.749. The summed E-state index contributed by atoms with van der Waals surface area (Å²) in [6.45, 7) is 11.0. The summed E-state index contributed by atoms with van der Waals surface area (Å²) < 4.78 is 0. The van der Waals surface area contributed by atoms with Crippen LogP contribution in [-0.4, -0.2) is 71.3 Å². The van der Waals surface area contributed by atoms with Gasteiger partial charge < -0.3 is 20.4 Å². The highest BCUT2D eigenvalue weighted by molar-refractivity contribution is 5.94. The summed E-state index contributed by atoms with van der Waals surface area (Å²) in [5, 5.41) is 6.07. The average molecular weight is 381 g/mol. The molecule has 2 saturated heterocycles. The van der Waals surface area contributed by atoms with Gasteiger partial charge in [0.2, 0.25) is 17.7 Å². The molecule has 0 aromatic rings. The third-order valence-corrected chi connectivity index (χ3v) is 5.40. The molecule has 0 unspecified atom stereocenters. The largest absolute Gasteiger partial charge is 0.350 e. The van der Waals surface area contributed by atoms with E-state index in [2.05, 4.69) is 10.6 Å². The first-order chi connectivity index (χ1) is 12.6. The minimum Gasteiger partial charge on any atom is -0.350 e. The van der Waals surface area contributed by atoms with Crippen LogP contribution < -0.4 is 10.6 Å². The maximum Gasteiger partial charge on any atom is 0.246 e. The smallest absolute Gasteiger partial charge is 0.246 e. The molecule has 0 spiro atoms. The molecule has 3 amide bonds. The Morgan fingerprint density at radius 3 is 2.04 bits per heavy atom. The van der Waals surface area contributed by atoms with Crippen molar-refractivity contribution in [3.8, 4) is 0 Å². The van der Waals surface area contributed by atoms with Crippen molar-refractivity contribution in [3.63, 3.8) is 0 Å². The van der Waals surface area contributed by atoms with Gasteiger partial charge in [-0.3, -0.25) is 14.4 Å². The number of hydrogen-bond acceptors (Lipinski definition) is 4. The molecule has 2 fully saturated rings. The number of likely N-dealkylation sites (tertiary alicyclic amines) is 2. The van der Waals surface area contributed by atoms with Crippen molar-refractivity contribution in [3.05, 3.63) is 0 Å². The fraction of sp³-hybridized carbons (Fsp3) is 0.850. The molecule has 0 radical (unpaired) electrons. The van der Waals surface area contributed by atoms with Crippen LogP contribution in [0, 0.1) is 5.92 Å². The summed E-state index contributed by atoms with van der Waals surface area (Å²) in [6, 6.07) is -1.17. The molecule has 0 aromatic carbocycles. The number of amides is 3. The second-order valence-corrected chi connectivity index (χ2v) is 9.13. The molecule has 2 rings (SSSR count). The Kier molecular flexibility index (Phi) is 6.89. The second kappa shape index (κ2) is 8.59. The van der Waals surface area contributed by atoms with Crippen LogP contribution in [0.5, 0.6) is 0 Å².